The minimum absolute atomic E-state index is 0.117. The molecule has 1 aromatic heterocycles. The van der Waals surface area contributed by atoms with Gasteiger partial charge in [0, 0.05) is 23.7 Å². The number of carbonyl (C=O) groups excluding carboxylic acids is 2. The maximum Gasteiger partial charge on any atom is 0.321 e. The zero-order valence-corrected chi connectivity index (χ0v) is 17.3. The van der Waals surface area contributed by atoms with Crippen molar-refractivity contribution < 1.29 is 14.3 Å². The van der Waals surface area contributed by atoms with Crippen LogP contribution >= 0.6 is 11.8 Å². The molecule has 1 heterocycles. The van der Waals surface area contributed by atoms with Gasteiger partial charge in [0.1, 0.15) is 11.1 Å². The van der Waals surface area contributed by atoms with Gasteiger partial charge in [0.25, 0.3) is 5.91 Å². The summed E-state index contributed by atoms with van der Waals surface area (Å²) in [7, 11) is 1.34. The number of nitrogens with one attached hydrogen (secondary N) is 1. The number of benzene rings is 2. The van der Waals surface area contributed by atoms with E-state index in [1.807, 2.05) is 41.0 Å². The Morgan fingerprint density at radius 3 is 2.40 bits per heavy atom. The summed E-state index contributed by atoms with van der Waals surface area (Å²) in [6, 6.07) is 18.7. The maximum atomic E-state index is 12.4. The van der Waals surface area contributed by atoms with E-state index in [-0.39, 0.29) is 12.5 Å². The number of hydrogen-bond donors (Lipinski definition) is 1. The van der Waals surface area contributed by atoms with Gasteiger partial charge in [0.2, 0.25) is 0 Å². The lowest BCUT2D eigenvalue weighted by atomic mass is 10.2. The molecule has 1 aliphatic rings. The molecule has 0 aliphatic heterocycles. The Morgan fingerprint density at radius 2 is 1.77 bits per heavy atom. The second-order valence-electron chi connectivity index (χ2n) is 6.99. The largest absolute Gasteiger partial charge is 0.468 e. The van der Waals surface area contributed by atoms with Gasteiger partial charge in [-0.3, -0.25) is 14.2 Å². The predicted octanol–water partition coefficient (Wildman–Crippen LogP) is 3.21. The molecule has 0 unspecified atom stereocenters. The van der Waals surface area contributed by atoms with Crippen molar-refractivity contribution in [3.8, 4) is 5.69 Å². The van der Waals surface area contributed by atoms with Crippen LogP contribution in [0, 0.1) is 0 Å². The molecule has 1 aliphatic carbocycles. The normalized spacial score (nSPS) is 14.2. The fourth-order valence-corrected chi connectivity index (χ4v) is 4.10. The summed E-state index contributed by atoms with van der Waals surface area (Å²) in [5, 5.41) is 11.5. The Labute approximate surface area is 178 Å². The van der Waals surface area contributed by atoms with Crippen LogP contribution in [0.4, 0.5) is 0 Å². The fourth-order valence-electron chi connectivity index (χ4n) is 3.09. The third-order valence-electron chi connectivity index (χ3n) is 4.81. The van der Waals surface area contributed by atoms with E-state index in [1.165, 1.54) is 18.9 Å². The van der Waals surface area contributed by atoms with E-state index in [0.29, 0.717) is 16.6 Å². The number of aromatic nitrogens is 3. The molecule has 0 saturated heterocycles. The second-order valence-corrected chi connectivity index (χ2v) is 8.16. The number of thioether (sulfide) groups is 1. The van der Waals surface area contributed by atoms with Crippen molar-refractivity contribution in [2.45, 2.75) is 29.2 Å². The Bertz CT molecular complexity index is 1020. The summed E-state index contributed by atoms with van der Waals surface area (Å²) in [6.07, 6.45) is 2.17. The molecule has 154 valence electrons. The minimum atomic E-state index is -0.652. The number of hydrogen-bond acceptors (Lipinski definition) is 6. The van der Waals surface area contributed by atoms with E-state index in [0.717, 1.165) is 24.4 Å². The lowest BCUT2D eigenvalue weighted by Gasteiger charge is -2.16. The lowest BCUT2D eigenvalue weighted by molar-refractivity contribution is -0.139. The van der Waals surface area contributed by atoms with Crippen molar-refractivity contribution >= 4 is 23.6 Å². The smallest absolute Gasteiger partial charge is 0.321 e. The number of rotatable bonds is 8. The summed E-state index contributed by atoms with van der Waals surface area (Å²) >= 11 is 1.25. The van der Waals surface area contributed by atoms with Crippen LogP contribution in [0.2, 0.25) is 0 Å². The molecule has 0 spiro atoms. The molecule has 7 nitrogen and oxygen atoms in total. The molecule has 2 aromatic carbocycles. The Hall–Kier alpha value is -3.13. The van der Waals surface area contributed by atoms with Gasteiger partial charge in [-0.1, -0.05) is 48.2 Å². The molecule has 1 saturated carbocycles. The first kappa shape index (κ1) is 20.2. The number of para-hydroxylation sites is 1. The number of methoxy groups -OCH3 is 1. The summed E-state index contributed by atoms with van der Waals surface area (Å²) in [5.74, 6) is 0.624. The molecule has 1 amide bonds. The molecule has 1 atom stereocenters. The molecule has 4 rings (SSSR count). The standard InChI is InChI=1S/C22H22N4O3S/c1-29-21(28)18(14-23-20(27)16-8-4-2-5-9-16)30-22-25-24-19(15-12-13-15)26(22)17-10-6-3-7-11-17/h2-11,15,18H,12-14H2,1H3,(H,23,27)/t18-/m1/s1. The Kier molecular flexibility index (Phi) is 6.13. The van der Waals surface area contributed by atoms with Crippen molar-refractivity contribution in [3.05, 3.63) is 72.1 Å². The van der Waals surface area contributed by atoms with Crippen LogP contribution in [0.3, 0.4) is 0 Å². The molecule has 0 radical (unpaired) electrons. The van der Waals surface area contributed by atoms with Gasteiger partial charge in [-0.05, 0) is 37.1 Å². The second kappa shape index (κ2) is 9.13. The lowest BCUT2D eigenvalue weighted by Crippen LogP contribution is -2.35. The summed E-state index contributed by atoms with van der Waals surface area (Å²) < 4.78 is 6.96. The zero-order valence-electron chi connectivity index (χ0n) is 16.5. The van der Waals surface area contributed by atoms with E-state index in [9.17, 15) is 9.59 Å². The monoisotopic (exact) mass is 422 g/mol. The third-order valence-corrected chi connectivity index (χ3v) is 5.93. The number of ether oxygens (including phenoxy) is 1. The first-order chi connectivity index (χ1) is 14.7. The average Bonchev–Trinajstić information content (AvgIpc) is 3.56. The van der Waals surface area contributed by atoms with Gasteiger partial charge in [0.05, 0.1) is 7.11 Å². The van der Waals surface area contributed by atoms with E-state index in [2.05, 4.69) is 15.5 Å². The van der Waals surface area contributed by atoms with Crippen molar-refractivity contribution in [1.29, 1.82) is 0 Å². The molecule has 8 heteroatoms. The molecular weight excluding hydrogens is 400 g/mol. The van der Waals surface area contributed by atoms with Gasteiger partial charge in [0.15, 0.2) is 5.16 Å². The number of esters is 1. The first-order valence-electron chi connectivity index (χ1n) is 9.76. The van der Waals surface area contributed by atoms with Crippen LogP contribution < -0.4 is 5.32 Å². The molecule has 30 heavy (non-hydrogen) atoms. The average molecular weight is 423 g/mol. The first-order valence-corrected chi connectivity index (χ1v) is 10.6. The SMILES string of the molecule is COC(=O)[C@@H](CNC(=O)c1ccccc1)Sc1nnc(C2CC2)n1-c1ccccc1. The molecule has 1 fully saturated rings. The highest BCUT2D eigenvalue weighted by Gasteiger charge is 2.32. The van der Waals surface area contributed by atoms with E-state index < -0.39 is 11.2 Å². The summed E-state index contributed by atoms with van der Waals surface area (Å²) in [4.78, 5) is 24.8. The minimum Gasteiger partial charge on any atom is -0.468 e. The zero-order chi connectivity index (χ0) is 20.9. The molecule has 0 bridgehead atoms. The molecule has 1 N–H and O–H groups in total. The van der Waals surface area contributed by atoms with Crippen LogP contribution in [0.5, 0.6) is 0 Å². The van der Waals surface area contributed by atoms with E-state index in [1.54, 1.807) is 24.3 Å². The third kappa shape index (κ3) is 4.54. The predicted molar refractivity (Wildman–Crippen MR) is 114 cm³/mol. The Balaban J connectivity index is 1.55. The van der Waals surface area contributed by atoms with E-state index >= 15 is 0 Å². The topological polar surface area (TPSA) is 86.1 Å². The van der Waals surface area contributed by atoms with Crippen molar-refractivity contribution in [2.75, 3.05) is 13.7 Å². The molecule has 3 aromatic rings. The summed E-state index contributed by atoms with van der Waals surface area (Å²) in [6.45, 7) is 0.117. The van der Waals surface area contributed by atoms with Gasteiger partial charge >= 0.3 is 5.97 Å². The van der Waals surface area contributed by atoms with Crippen molar-refractivity contribution in [2.24, 2.45) is 0 Å². The van der Waals surface area contributed by atoms with Crippen LogP contribution in [0.25, 0.3) is 5.69 Å². The van der Waals surface area contributed by atoms with Gasteiger partial charge in [-0.15, -0.1) is 10.2 Å². The van der Waals surface area contributed by atoms with Crippen LogP contribution in [0.1, 0.15) is 34.9 Å². The van der Waals surface area contributed by atoms with Crippen LogP contribution in [0.15, 0.2) is 65.8 Å². The fraction of sp³-hybridized carbons (Fsp3) is 0.273. The van der Waals surface area contributed by atoms with Gasteiger partial charge < -0.3 is 10.1 Å². The van der Waals surface area contributed by atoms with Crippen LogP contribution in [-0.2, 0) is 9.53 Å². The quantitative estimate of drug-likeness (QED) is 0.443. The highest BCUT2D eigenvalue weighted by atomic mass is 32.2. The van der Waals surface area contributed by atoms with Gasteiger partial charge in [-0.2, -0.15) is 0 Å². The van der Waals surface area contributed by atoms with Crippen molar-refractivity contribution in [3.63, 3.8) is 0 Å². The number of carbonyl (C=O) groups is 2. The number of nitrogens with zero attached hydrogens (tertiary/aromatic N) is 3. The Morgan fingerprint density at radius 1 is 1.10 bits per heavy atom. The highest BCUT2D eigenvalue weighted by Crippen LogP contribution is 2.41. The van der Waals surface area contributed by atoms with Crippen LogP contribution in [-0.4, -0.2) is 45.5 Å². The number of amides is 1. The van der Waals surface area contributed by atoms with Gasteiger partial charge in [-0.25, -0.2) is 0 Å². The highest BCUT2D eigenvalue weighted by molar-refractivity contribution is 8.00. The molecular formula is C22H22N4O3S. The van der Waals surface area contributed by atoms with Crippen molar-refractivity contribution in [1.82, 2.24) is 20.1 Å². The summed E-state index contributed by atoms with van der Waals surface area (Å²) in [5.41, 5.74) is 1.48. The van der Waals surface area contributed by atoms with E-state index in [4.69, 9.17) is 4.74 Å². The maximum absolute atomic E-state index is 12.4.